The van der Waals surface area contributed by atoms with Gasteiger partial charge in [-0.05, 0) is 43.6 Å². The lowest BCUT2D eigenvalue weighted by Gasteiger charge is -2.38. The minimum absolute atomic E-state index is 0.00870. The number of likely N-dealkylation sites (tertiary alicyclic amines) is 1. The molecule has 2 unspecified atom stereocenters. The van der Waals surface area contributed by atoms with Gasteiger partial charge < -0.3 is 4.90 Å². The van der Waals surface area contributed by atoms with Crippen molar-refractivity contribution in [2.24, 2.45) is 5.92 Å². The summed E-state index contributed by atoms with van der Waals surface area (Å²) in [7, 11) is 0. The van der Waals surface area contributed by atoms with Gasteiger partial charge in [0.1, 0.15) is 10.7 Å². The average molecular weight is 312 g/mol. The largest absolute Gasteiger partial charge is 0.334 e. The van der Waals surface area contributed by atoms with Gasteiger partial charge in [-0.3, -0.25) is 9.59 Å². The van der Waals surface area contributed by atoms with Crippen molar-refractivity contribution >= 4 is 34.6 Å². The van der Waals surface area contributed by atoms with Gasteiger partial charge in [0.25, 0.3) is 5.91 Å². The highest BCUT2D eigenvalue weighted by molar-refractivity contribution is 7.12. The Labute approximate surface area is 127 Å². The van der Waals surface area contributed by atoms with Gasteiger partial charge in [0.05, 0.1) is 5.02 Å². The third-order valence-electron chi connectivity index (χ3n) is 4.44. The SMILES string of the molecule is O=C1CCCC1C1CCCCN1C(=O)c1sccc1Cl. The molecule has 2 aliphatic rings. The van der Waals surface area contributed by atoms with Gasteiger partial charge in [0.15, 0.2) is 0 Å². The van der Waals surface area contributed by atoms with Crippen LogP contribution in [0.4, 0.5) is 0 Å². The Balaban J connectivity index is 1.84. The quantitative estimate of drug-likeness (QED) is 0.834. The first-order chi connectivity index (χ1) is 9.68. The number of amides is 1. The fourth-order valence-corrected chi connectivity index (χ4v) is 4.55. The fraction of sp³-hybridized carbons (Fsp3) is 0.600. The summed E-state index contributed by atoms with van der Waals surface area (Å²) < 4.78 is 0. The molecule has 1 amide bonds. The highest BCUT2D eigenvalue weighted by atomic mass is 35.5. The second kappa shape index (κ2) is 5.86. The molecule has 1 aromatic heterocycles. The molecular weight excluding hydrogens is 294 g/mol. The maximum atomic E-state index is 12.7. The number of rotatable bonds is 2. The second-order valence-electron chi connectivity index (χ2n) is 5.62. The van der Waals surface area contributed by atoms with Crippen LogP contribution in [-0.2, 0) is 4.79 Å². The molecule has 1 saturated heterocycles. The molecule has 0 aromatic carbocycles. The summed E-state index contributed by atoms with van der Waals surface area (Å²) in [4.78, 5) is 27.3. The Morgan fingerprint density at radius 3 is 2.80 bits per heavy atom. The van der Waals surface area contributed by atoms with Gasteiger partial charge in [0.2, 0.25) is 0 Å². The topological polar surface area (TPSA) is 37.4 Å². The van der Waals surface area contributed by atoms with Crippen molar-refractivity contribution in [2.75, 3.05) is 6.54 Å². The molecule has 20 heavy (non-hydrogen) atoms. The molecule has 5 heteroatoms. The number of piperidine rings is 1. The first-order valence-electron chi connectivity index (χ1n) is 7.25. The van der Waals surface area contributed by atoms with E-state index < -0.39 is 0 Å². The van der Waals surface area contributed by atoms with Gasteiger partial charge in [-0.2, -0.15) is 0 Å². The monoisotopic (exact) mass is 311 g/mol. The molecule has 1 aromatic rings. The molecule has 0 bridgehead atoms. The van der Waals surface area contributed by atoms with E-state index >= 15 is 0 Å². The summed E-state index contributed by atoms with van der Waals surface area (Å²) in [6, 6.07) is 1.85. The van der Waals surface area contributed by atoms with E-state index in [1.165, 1.54) is 11.3 Å². The number of ketones is 1. The molecule has 2 fully saturated rings. The minimum atomic E-state index is 0.00870. The van der Waals surface area contributed by atoms with Crippen molar-refractivity contribution in [3.05, 3.63) is 21.3 Å². The molecule has 1 aliphatic heterocycles. The summed E-state index contributed by atoms with van der Waals surface area (Å²) in [5.41, 5.74) is 0. The van der Waals surface area contributed by atoms with Crippen molar-refractivity contribution in [3.63, 3.8) is 0 Å². The zero-order valence-electron chi connectivity index (χ0n) is 11.3. The molecule has 0 spiro atoms. The van der Waals surface area contributed by atoms with Gasteiger partial charge in [-0.1, -0.05) is 11.6 Å². The van der Waals surface area contributed by atoms with E-state index in [1.54, 1.807) is 6.07 Å². The molecule has 0 radical (unpaired) electrons. The Hall–Kier alpha value is -0.870. The van der Waals surface area contributed by atoms with Crippen LogP contribution in [0.5, 0.6) is 0 Å². The van der Waals surface area contributed by atoms with Crippen LogP contribution in [-0.4, -0.2) is 29.2 Å². The number of Topliss-reactive ketones (excluding diaryl/α,β-unsaturated/α-hetero) is 1. The van der Waals surface area contributed by atoms with Crippen LogP contribution in [0.1, 0.15) is 48.2 Å². The molecule has 2 atom stereocenters. The summed E-state index contributed by atoms with van der Waals surface area (Å²) in [6.07, 6.45) is 5.67. The van der Waals surface area contributed by atoms with Gasteiger partial charge >= 0.3 is 0 Å². The average Bonchev–Trinajstić information content (AvgIpc) is 3.06. The lowest BCUT2D eigenvalue weighted by atomic mass is 9.88. The Morgan fingerprint density at radius 1 is 1.30 bits per heavy atom. The molecule has 3 nitrogen and oxygen atoms in total. The number of nitrogens with zero attached hydrogens (tertiary/aromatic N) is 1. The van der Waals surface area contributed by atoms with Crippen LogP contribution in [0.2, 0.25) is 5.02 Å². The smallest absolute Gasteiger partial charge is 0.265 e. The van der Waals surface area contributed by atoms with E-state index in [9.17, 15) is 9.59 Å². The highest BCUT2D eigenvalue weighted by Gasteiger charge is 2.39. The fourth-order valence-electron chi connectivity index (χ4n) is 3.45. The number of carbonyl (C=O) groups excluding carboxylic acids is 2. The predicted octanol–water partition coefficient (Wildman–Crippen LogP) is 3.77. The van der Waals surface area contributed by atoms with Crippen molar-refractivity contribution in [2.45, 2.75) is 44.6 Å². The van der Waals surface area contributed by atoms with Gasteiger partial charge in [-0.15, -0.1) is 11.3 Å². The van der Waals surface area contributed by atoms with E-state index in [2.05, 4.69) is 0 Å². The van der Waals surface area contributed by atoms with Crippen LogP contribution in [0.25, 0.3) is 0 Å². The zero-order valence-corrected chi connectivity index (χ0v) is 12.9. The number of halogens is 1. The third kappa shape index (κ3) is 2.51. The van der Waals surface area contributed by atoms with Crippen LogP contribution in [0.3, 0.4) is 0 Å². The van der Waals surface area contributed by atoms with Crippen LogP contribution < -0.4 is 0 Å². The molecule has 2 heterocycles. The van der Waals surface area contributed by atoms with Crippen molar-refractivity contribution in [1.29, 1.82) is 0 Å². The zero-order chi connectivity index (χ0) is 14.1. The summed E-state index contributed by atoms with van der Waals surface area (Å²) in [5.74, 6) is 0.402. The van der Waals surface area contributed by atoms with Crippen molar-refractivity contribution in [1.82, 2.24) is 4.90 Å². The predicted molar refractivity (Wildman–Crippen MR) is 80.4 cm³/mol. The number of hydrogen-bond acceptors (Lipinski definition) is 3. The normalized spacial score (nSPS) is 27.1. The molecule has 0 N–H and O–H groups in total. The molecule has 108 valence electrons. The van der Waals surface area contributed by atoms with Crippen molar-refractivity contribution < 1.29 is 9.59 Å². The first-order valence-corrected chi connectivity index (χ1v) is 8.51. The lowest BCUT2D eigenvalue weighted by Crippen LogP contribution is -2.48. The Bertz CT molecular complexity index is 528. The number of thiophene rings is 1. The molecule has 1 saturated carbocycles. The number of hydrogen-bond donors (Lipinski definition) is 0. The first kappa shape index (κ1) is 14.1. The molecule has 1 aliphatic carbocycles. The van der Waals surface area contributed by atoms with E-state index in [1.807, 2.05) is 10.3 Å². The molecular formula is C15H18ClNO2S. The number of carbonyl (C=O) groups is 2. The van der Waals surface area contributed by atoms with Crippen LogP contribution in [0, 0.1) is 5.92 Å². The maximum Gasteiger partial charge on any atom is 0.265 e. The Kier molecular flexibility index (Phi) is 4.13. The summed E-state index contributed by atoms with van der Waals surface area (Å²) in [5, 5.41) is 2.37. The molecule has 3 rings (SSSR count). The minimum Gasteiger partial charge on any atom is -0.334 e. The van der Waals surface area contributed by atoms with E-state index in [-0.39, 0.29) is 17.9 Å². The van der Waals surface area contributed by atoms with Gasteiger partial charge in [-0.25, -0.2) is 0 Å². The van der Waals surface area contributed by atoms with E-state index in [0.717, 1.165) is 38.6 Å². The van der Waals surface area contributed by atoms with Crippen molar-refractivity contribution in [3.8, 4) is 0 Å². The van der Waals surface area contributed by atoms with Crippen LogP contribution >= 0.6 is 22.9 Å². The maximum absolute atomic E-state index is 12.7. The van der Waals surface area contributed by atoms with E-state index in [0.29, 0.717) is 22.1 Å². The van der Waals surface area contributed by atoms with E-state index in [4.69, 9.17) is 11.6 Å². The summed E-state index contributed by atoms with van der Waals surface area (Å²) >= 11 is 7.47. The standard InChI is InChI=1S/C15H18ClNO2S/c16-11-7-9-20-14(11)15(19)17-8-2-1-5-12(17)10-4-3-6-13(10)18/h7,9-10,12H,1-6,8H2. The summed E-state index contributed by atoms with van der Waals surface area (Å²) in [6.45, 7) is 0.751. The third-order valence-corrected chi connectivity index (χ3v) is 5.77. The Morgan fingerprint density at radius 2 is 2.15 bits per heavy atom. The highest BCUT2D eigenvalue weighted by Crippen LogP contribution is 2.34. The second-order valence-corrected chi connectivity index (χ2v) is 6.95. The van der Waals surface area contributed by atoms with Crippen LogP contribution in [0.15, 0.2) is 11.4 Å². The van der Waals surface area contributed by atoms with Gasteiger partial charge in [0, 0.05) is 24.9 Å². The lowest BCUT2D eigenvalue weighted by molar-refractivity contribution is -0.122.